The van der Waals surface area contributed by atoms with Crippen LogP contribution in [0.3, 0.4) is 0 Å². The number of imidazole rings is 1. The van der Waals surface area contributed by atoms with Gasteiger partial charge in [-0.1, -0.05) is 62.4 Å². The highest BCUT2D eigenvalue weighted by Crippen LogP contribution is 2.43. The highest BCUT2D eigenvalue weighted by atomic mass is 16.6. The molecule has 1 aliphatic rings. The van der Waals surface area contributed by atoms with Crippen LogP contribution in [0.25, 0.3) is 28.2 Å². The van der Waals surface area contributed by atoms with Gasteiger partial charge in [-0.2, -0.15) is 5.10 Å². The van der Waals surface area contributed by atoms with Gasteiger partial charge in [-0.05, 0) is 75.6 Å². The maximum Gasteiger partial charge on any atom is 0.408 e. The van der Waals surface area contributed by atoms with E-state index in [-0.39, 0.29) is 11.6 Å². The van der Waals surface area contributed by atoms with E-state index in [1.54, 1.807) is 0 Å². The predicted molar refractivity (Wildman–Crippen MR) is 148 cm³/mol. The minimum atomic E-state index is -0.529. The van der Waals surface area contributed by atoms with E-state index in [4.69, 9.17) is 14.8 Å². The first kappa shape index (κ1) is 25.0. The molecule has 5 rings (SSSR count). The maximum absolute atomic E-state index is 12.6. The molecule has 0 unspecified atom stereocenters. The Morgan fingerprint density at radius 3 is 2.32 bits per heavy atom. The number of nitrogens with zero attached hydrogens (tertiary/aromatic N) is 3. The van der Waals surface area contributed by atoms with E-state index in [0.29, 0.717) is 0 Å². The summed E-state index contributed by atoms with van der Waals surface area (Å²) < 4.78 is 7.55. The zero-order chi connectivity index (χ0) is 26.2. The van der Waals surface area contributed by atoms with Crippen molar-refractivity contribution in [1.29, 1.82) is 0 Å². The van der Waals surface area contributed by atoms with Gasteiger partial charge < -0.3 is 10.1 Å². The van der Waals surface area contributed by atoms with Crippen molar-refractivity contribution in [3.8, 4) is 22.5 Å². The van der Waals surface area contributed by atoms with Crippen molar-refractivity contribution in [1.82, 2.24) is 19.9 Å². The molecule has 0 saturated heterocycles. The Morgan fingerprint density at radius 1 is 1.00 bits per heavy atom. The summed E-state index contributed by atoms with van der Waals surface area (Å²) in [5, 5.41) is 7.88. The molecule has 4 aromatic rings. The van der Waals surface area contributed by atoms with Gasteiger partial charge in [0.15, 0.2) is 5.65 Å². The molecule has 6 heteroatoms. The van der Waals surface area contributed by atoms with Gasteiger partial charge in [0, 0.05) is 17.3 Å². The van der Waals surface area contributed by atoms with Gasteiger partial charge in [-0.25, -0.2) is 14.3 Å². The molecule has 0 aliphatic heterocycles. The van der Waals surface area contributed by atoms with Gasteiger partial charge in [-0.3, -0.25) is 0 Å². The summed E-state index contributed by atoms with van der Waals surface area (Å²) in [6.07, 6.45) is 6.18. The third-order valence-electron chi connectivity index (χ3n) is 7.29. The average molecular weight is 497 g/mol. The number of aryl methyl sites for hydroxylation is 2. The average Bonchev–Trinajstić information content (AvgIpc) is 3.25. The molecule has 1 aliphatic carbocycles. The van der Waals surface area contributed by atoms with Gasteiger partial charge in [0.05, 0.1) is 11.2 Å². The molecule has 1 amide bonds. The monoisotopic (exact) mass is 496 g/mol. The number of carbonyl (C=O) groups excluding carboxylic acids is 1. The Bertz CT molecular complexity index is 1430. The van der Waals surface area contributed by atoms with E-state index >= 15 is 0 Å². The number of nitrogens with one attached hydrogen (secondary N) is 1. The summed E-state index contributed by atoms with van der Waals surface area (Å²) in [7, 11) is 0. The molecule has 1 saturated carbocycles. The zero-order valence-corrected chi connectivity index (χ0v) is 22.5. The number of rotatable bonds is 6. The van der Waals surface area contributed by atoms with Crippen molar-refractivity contribution < 1.29 is 9.53 Å². The molecule has 0 spiro atoms. The molecule has 37 heavy (non-hydrogen) atoms. The number of ether oxygens (including phenoxy) is 1. The molecule has 1 fully saturated rings. The first-order chi connectivity index (χ1) is 17.7. The van der Waals surface area contributed by atoms with Crippen molar-refractivity contribution >= 4 is 11.7 Å². The first-order valence-corrected chi connectivity index (χ1v) is 13.3. The van der Waals surface area contributed by atoms with Crippen molar-refractivity contribution in [3.63, 3.8) is 0 Å². The summed E-state index contributed by atoms with van der Waals surface area (Å²) >= 11 is 0. The van der Waals surface area contributed by atoms with Crippen molar-refractivity contribution in [2.24, 2.45) is 0 Å². The number of hydrogen-bond acceptors (Lipinski definition) is 4. The third kappa shape index (κ3) is 4.73. The van der Waals surface area contributed by atoms with Crippen LogP contribution in [0.2, 0.25) is 0 Å². The molecule has 6 nitrogen and oxygen atoms in total. The van der Waals surface area contributed by atoms with Crippen LogP contribution in [0.15, 0.2) is 60.8 Å². The molecule has 1 N–H and O–H groups in total. The molecular weight excluding hydrogens is 460 g/mol. The maximum atomic E-state index is 12.6. The lowest BCUT2D eigenvalue weighted by Gasteiger charge is -2.43. The molecule has 2 aromatic heterocycles. The summed E-state index contributed by atoms with van der Waals surface area (Å²) in [5.74, 6) is 0. The number of hydrogen-bond donors (Lipinski definition) is 1. The topological polar surface area (TPSA) is 68.5 Å². The number of alkyl carbamates (subject to hydrolysis) is 1. The summed E-state index contributed by atoms with van der Waals surface area (Å²) in [5.41, 5.74) is 7.64. The Balaban J connectivity index is 1.57. The van der Waals surface area contributed by atoms with Crippen LogP contribution in [0.4, 0.5) is 4.79 Å². The van der Waals surface area contributed by atoms with Gasteiger partial charge in [0.1, 0.15) is 11.3 Å². The molecule has 0 atom stereocenters. The lowest BCUT2D eigenvalue weighted by molar-refractivity contribution is 0.0377. The minimum absolute atomic E-state index is 0.367. The number of benzene rings is 2. The van der Waals surface area contributed by atoms with Crippen LogP contribution < -0.4 is 5.32 Å². The Labute approximate surface area is 219 Å². The van der Waals surface area contributed by atoms with Crippen LogP contribution in [0, 0.1) is 0 Å². The van der Waals surface area contributed by atoms with Crippen molar-refractivity contribution in [2.75, 3.05) is 0 Å². The molecule has 2 aromatic carbocycles. The highest BCUT2D eigenvalue weighted by Gasteiger charge is 2.41. The predicted octanol–water partition coefficient (Wildman–Crippen LogP) is 7.09. The number of fused-ring (bicyclic) bond motifs is 1. The highest BCUT2D eigenvalue weighted by molar-refractivity contribution is 5.84. The SMILES string of the molecule is CCc1ccccc1-c1c(-c2ccc(C3(NC(=O)OC(C)(C)C)CCC3)cc2)nc2c(CC)ccnn12. The lowest BCUT2D eigenvalue weighted by Crippen LogP contribution is -2.52. The van der Waals surface area contributed by atoms with Crippen LogP contribution in [0.1, 0.15) is 70.6 Å². The molecule has 192 valence electrons. The van der Waals surface area contributed by atoms with E-state index in [2.05, 4.69) is 67.7 Å². The molecule has 2 heterocycles. The molecule has 0 bridgehead atoms. The summed E-state index contributed by atoms with van der Waals surface area (Å²) in [4.78, 5) is 17.7. The Kier molecular flexibility index (Phi) is 6.52. The fourth-order valence-electron chi connectivity index (χ4n) is 5.24. The largest absolute Gasteiger partial charge is 0.444 e. The Hall–Kier alpha value is -3.67. The molecule has 0 radical (unpaired) electrons. The summed E-state index contributed by atoms with van der Waals surface area (Å²) in [6.45, 7) is 9.98. The van der Waals surface area contributed by atoms with Crippen LogP contribution in [-0.2, 0) is 23.1 Å². The molecular formula is C31H36N4O2. The fourth-order valence-corrected chi connectivity index (χ4v) is 5.24. The van der Waals surface area contributed by atoms with Gasteiger partial charge in [-0.15, -0.1) is 0 Å². The first-order valence-electron chi connectivity index (χ1n) is 13.3. The fraction of sp³-hybridized carbons (Fsp3) is 0.387. The summed E-state index contributed by atoms with van der Waals surface area (Å²) in [6, 6.07) is 19.0. The number of aromatic nitrogens is 3. The van der Waals surface area contributed by atoms with E-state index < -0.39 is 5.60 Å². The van der Waals surface area contributed by atoms with Gasteiger partial charge in [0.2, 0.25) is 0 Å². The van der Waals surface area contributed by atoms with Crippen molar-refractivity contribution in [2.45, 2.75) is 77.9 Å². The van der Waals surface area contributed by atoms with Crippen LogP contribution >= 0.6 is 0 Å². The minimum Gasteiger partial charge on any atom is -0.444 e. The smallest absolute Gasteiger partial charge is 0.408 e. The second-order valence-corrected chi connectivity index (χ2v) is 10.9. The zero-order valence-electron chi connectivity index (χ0n) is 22.5. The van der Waals surface area contributed by atoms with E-state index in [9.17, 15) is 4.79 Å². The number of amides is 1. The number of carbonyl (C=O) groups is 1. The van der Waals surface area contributed by atoms with Crippen LogP contribution in [-0.4, -0.2) is 26.3 Å². The Morgan fingerprint density at radius 2 is 1.70 bits per heavy atom. The standard InChI is InChI=1S/C31H36N4O2/c1-6-21-11-8-9-12-25(21)27-26(33-28-22(7-2)17-20-32-35(27)28)23-13-15-24(16-14-23)31(18-10-19-31)34-29(36)37-30(3,4)5/h8-9,11-17,20H,6-7,10,18-19H2,1-5H3,(H,34,36). The van der Waals surface area contributed by atoms with E-state index in [1.165, 1.54) is 11.1 Å². The van der Waals surface area contributed by atoms with E-state index in [0.717, 1.165) is 65.8 Å². The second kappa shape index (κ2) is 9.66. The quantitative estimate of drug-likeness (QED) is 0.309. The third-order valence-corrected chi connectivity index (χ3v) is 7.29. The van der Waals surface area contributed by atoms with E-state index in [1.807, 2.05) is 37.5 Å². The van der Waals surface area contributed by atoms with Gasteiger partial charge in [0.25, 0.3) is 0 Å². The lowest BCUT2D eigenvalue weighted by atomic mass is 9.71. The van der Waals surface area contributed by atoms with Crippen molar-refractivity contribution in [3.05, 3.63) is 77.5 Å². The van der Waals surface area contributed by atoms with Crippen LogP contribution in [0.5, 0.6) is 0 Å². The van der Waals surface area contributed by atoms with Gasteiger partial charge >= 0.3 is 6.09 Å². The normalized spacial score (nSPS) is 14.8. The second-order valence-electron chi connectivity index (χ2n) is 10.9.